The van der Waals surface area contributed by atoms with Crippen molar-refractivity contribution in [2.24, 2.45) is 0 Å². The summed E-state index contributed by atoms with van der Waals surface area (Å²) in [6, 6.07) is 6.43. The van der Waals surface area contributed by atoms with E-state index in [1.807, 2.05) is 13.0 Å². The first-order chi connectivity index (χ1) is 13.2. The Balaban J connectivity index is 1.59. The molecule has 4 heterocycles. The number of pyridine rings is 2. The summed E-state index contributed by atoms with van der Waals surface area (Å²) >= 11 is 0. The highest BCUT2D eigenvalue weighted by Gasteiger charge is 2.34. The zero-order valence-corrected chi connectivity index (χ0v) is 14.9. The fraction of sp³-hybridized carbons (Fsp3) is 0.316. The normalized spacial score (nSPS) is 16.6. The number of amides is 1. The van der Waals surface area contributed by atoms with E-state index in [2.05, 4.69) is 15.1 Å². The van der Waals surface area contributed by atoms with Gasteiger partial charge in [0.15, 0.2) is 0 Å². The van der Waals surface area contributed by atoms with E-state index in [4.69, 9.17) is 4.52 Å². The third-order valence-electron chi connectivity index (χ3n) is 4.74. The predicted octanol–water partition coefficient (Wildman–Crippen LogP) is 2.29. The lowest BCUT2D eigenvalue weighted by atomic mass is 10.2. The number of nitrogens with zero attached hydrogens (tertiary/aromatic N) is 5. The average Bonchev–Trinajstić information content (AvgIpc) is 3.37. The maximum atomic E-state index is 12.9. The average molecular weight is 365 g/mol. The van der Waals surface area contributed by atoms with Crippen LogP contribution in [0.3, 0.4) is 0 Å². The van der Waals surface area contributed by atoms with Gasteiger partial charge < -0.3 is 14.0 Å². The monoisotopic (exact) mass is 365 g/mol. The Hall–Kier alpha value is -3.29. The molecule has 0 bridgehead atoms. The van der Waals surface area contributed by atoms with Crippen molar-refractivity contribution in [1.29, 1.82) is 0 Å². The van der Waals surface area contributed by atoms with Crippen LogP contribution in [0.4, 0.5) is 0 Å². The van der Waals surface area contributed by atoms with E-state index in [1.54, 1.807) is 40.2 Å². The summed E-state index contributed by atoms with van der Waals surface area (Å²) in [4.78, 5) is 35.2. The van der Waals surface area contributed by atoms with Crippen LogP contribution < -0.4 is 5.56 Å². The van der Waals surface area contributed by atoms with Crippen LogP contribution >= 0.6 is 0 Å². The molecule has 27 heavy (non-hydrogen) atoms. The van der Waals surface area contributed by atoms with E-state index in [0.29, 0.717) is 30.4 Å². The van der Waals surface area contributed by atoms with Gasteiger partial charge in [0.25, 0.3) is 11.5 Å². The summed E-state index contributed by atoms with van der Waals surface area (Å²) in [7, 11) is 0. The van der Waals surface area contributed by atoms with Gasteiger partial charge in [0.2, 0.25) is 11.7 Å². The quantitative estimate of drug-likeness (QED) is 0.704. The van der Waals surface area contributed by atoms with Crippen molar-refractivity contribution in [1.82, 2.24) is 24.6 Å². The molecule has 1 fully saturated rings. The highest BCUT2D eigenvalue weighted by Crippen LogP contribution is 2.33. The summed E-state index contributed by atoms with van der Waals surface area (Å²) in [6.45, 7) is 3.04. The summed E-state index contributed by atoms with van der Waals surface area (Å²) < 4.78 is 6.98. The Morgan fingerprint density at radius 3 is 3.00 bits per heavy atom. The second-order valence-electron chi connectivity index (χ2n) is 6.39. The van der Waals surface area contributed by atoms with Crippen LogP contribution in [0.1, 0.15) is 42.1 Å². The van der Waals surface area contributed by atoms with Crippen molar-refractivity contribution in [3.05, 3.63) is 64.7 Å². The summed E-state index contributed by atoms with van der Waals surface area (Å²) in [5.74, 6) is 0.656. The van der Waals surface area contributed by atoms with Crippen LogP contribution in [0, 0.1) is 0 Å². The van der Waals surface area contributed by atoms with Crippen molar-refractivity contribution in [2.45, 2.75) is 32.4 Å². The van der Waals surface area contributed by atoms with E-state index < -0.39 is 0 Å². The fourth-order valence-electron chi connectivity index (χ4n) is 3.32. The van der Waals surface area contributed by atoms with Gasteiger partial charge in [-0.25, -0.2) is 0 Å². The Kier molecular flexibility index (Phi) is 4.53. The van der Waals surface area contributed by atoms with Crippen molar-refractivity contribution in [3.8, 4) is 11.4 Å². The topological polar surface area (TPSA) is 94.1 Å². The van der Waals surface area contributed by atoms with Crippen molar-refractivity contribution in [2.75, 3.05) is 6.54 Å². The van der Waals surface area contributed by atoms with Gasteiger partial charge in [0.1, 0.15) is 6.04 Å². The number of carbonyl (C=O) groups is 1. The molecule has 0 saturated carbocycles. The minimum absolute atomic E-state index is 0.184. The van der Waals surface area contributed by atoms with Crippen LogP contribution in [-0.4, -0.2) is 37.0 Å². The highest BCUT2D eigenvalue weighted by molar-refractivity contribution is 5.94. The molecule has 3 aromatic rings. The number of likely N-dealkylation sites (tertiary alicyclic amines) is 1. The van der Waals surface area contributed by atoms with Gasteiger partial charge in [-0.3, -0.25) is 14.6 Å². The molecular formula is C19H19N5O3. The molecule has 1 atom stereocenters. The number of carbonyl (C=O) groups excluding carboxylic acids is 1. The first-order valence-corrected chi connectivity index (χ1v) is 8.93. The maximum absolute atomic E-state index is 12.9. The molecule has 0 N–H and O–H groups in total. The summed E-state index contributed by atoms with van der Waals surface area (Å²) in [5, 5.41) is 4.02. The summed E-state index contributed by atoms with van der Waals surface area (Å²) in [5.41, 5.74) is 0.950. The smallest absolute Gasteiger partial charge is 0.254 e. The Bertz CT molecular complexity index is 1010. The van der Waals surface area contributed by atoms with Crippen LogP contribution in [0.2, 0.25) is 0 Å². The zero-order valence-electron chi connectivity index (χ0n) is 14.9. The van der Waals surface area contributed by atoms with Gasteiger partial charge in [-0.1, -0.05) is 5.16 Å². The standard InChI is InChI=1S/C19H19N5O3/c1-2-23-10-7-13(11-16(23)25)19(26)24-9-4-6-15(24)18-21-17(22-27-18)14-5-3-8-20-12-14/h3,5,7-8,10-12,15H,2,4,6,9H2,1H3/t15-/m0/s1. The molecule has 8 nitrogen and oxygen atoms in total. The molecule has 0 spiro atoms. The molecule has 8 heteroatoms. The number of aryl methyl sites for hydroxylation is 1. The summed E-state index contributed by atoms with van der Waals surface area (Å²) in [6.07, 6.45) is 6.57. The molecule has 138 valence electrons. The Morgan fingerprint density at radius 2 is 2.26 bits per heavy atom. The van der Waals surface area contributed by atoms with Crippen LogP contribution in [0.5, 0.6) is 0 Å². The lowest BCUT2D eigenvalue weighted by Crippen LogP contribution is -2.32. The SMILES string of the molecule is CCn1ccc(C(=O)N2CCC[C@H]2c2nc(-c3cccnc3)no2)cc1=O. The van der Waals surface area contributed by atoms with Gasteiger partial charge in [-0.15, -0.1) is 0 Å². The number of aromatic nitrogens is 4. The number of hydrogen-bond acceptors (Lipinski definition) is 6. The number of rotatable bonds is 4. The fourth-order valence-corrected chi connectivity index (χ4v) is 3.32. The van der Waals surface area contributed by atoms with Gasteiger partial charge in [-0.05, 0) is 38.0 Å². The molecule has 1 saturated heterocycles. The third-order valence-corrected chi connectivity index (χ3v) is 4.74. The lowest BCUT2D eigenvalue weighted by Gasteiger charge is -2.22. The highest BCUT2D eigenvalue weighted by atomic mass is 16.5. The van der Waals surface area contributed by atoms with Crippen LogP contribution in [-0.2, 0) is 6.54 Å². The third kappa shape index (κ3) is 3.25. The molecule has 0 radical (unpaired) electrons. The van der Waals surface area contributed by atoms with E-state index in [0.717, 1.165) is 18.4 Å². The van der Waals surface area contributed by atoms with Gasteiger partial charge in [0, 0.05) is 48.9 Å². The van der Waals surface area contributed by atoms with Crippen molar-refractivity contribution >= 4 is 5.91 Å². The molecule has 1 aliphatic heterocycles. The van der Waals surface area contributed by atoms with E-state index in [1.165, 1.54) is 6.07 Å². The Morgan fingerprint density at radius 1 is 1.37 bits per heavy atom. The van der Waals surface area contributed by atoms with Gasteiger partial charge >= 0.3 is 0 Å². The second kappa shape index (κ2) is 7.14. The maximum Gasteiger partial charge on any atom is 0.254 e. The molecule has 3 aromatic heterocycles. The second-order valence-corrected chi connectivity index (χ2v) is 6.39. The number of hydrogen-bond donors (Lipinski definition) is 0. The molecule has 0 unspecified atom stereocenters. The zero-order chi connectivity index (χ0) is 18.8. The van der Waals surface area contributed by atoms with Crippen LogP contribution in [0.25, 0.3) is 11.4 Å². The first kappa shape index (κ1) is 17.1. The predicted molar refractivity (Wildman–Crippen MR) is 96.9 cm³/mol. The van der Waals surface area contributed by atoms with Crippen LogP contribution in [0.15, 0.2) is 52.2 Å². The molecular weight excluding hydrogens is 346 g/mol. The molecule has 4 rings (SSSR count). The van der Waals surface area contributed by atoms with E-state index in [-0.39, 0.29) is 17.5 Å². The van der Waals surface area contributed by atoms with E-state index >= 15 is 0 Å². The molecule has 1 amide bonds. The largest absolute Gasteiger partial charge is 0.337 e. The van der Waals surface area contributed by atoms with Crippen molar-refractivity contribution in [3.63, 3.8) is 0 Å². The van der Waals surface area contributed by atoms with Gasteiger partial charge in [0.05, 0.1) is 0 Å². The molecule has 0 aromatic carbocycles. The lowest BCUT2D eigenvalue weighted by molar-refractivity contribution is 0.0709. The molecule has 1 aliphatic rings. The van der Waals surface area contributed by atoms with E-state index in [9.17, 15) is 9.59 Å². The molecule has 0 aliphatic carbocycles. The Labute approximate surface area is 155 Å². The minimum atomic E-state index is -0.288. The van der Waals surface area contributed by atoms with Gasteiger partial charge in [-0.2, -0.15) is 4.98 Å². The van der Waals surface area contributed by atoms with Crippen molar-refractivity contribution < 1.29 is 9.32 Å². The first-order valence-electron chi connectivity index (χ1n) is 8.93. The minimum Gasteiger partial charge on any atom is -0.337 e.